The van der Waals surface area contributed by atoms with Crippen LogP contribution in [0, 0.1) is 11.3 Å². The van der Waals surface area contributed by atoms with Crippen molar-refractivity contribution in [1.82, 2.24) is 5.32 Å². The van der Waals surface area contributed by atoms with E-state index in [1.54, 1.807) is 12.1 Å². The molecular weight excluding hydrogens is 222 g/mol. The van der Waals surface area contributed by atoms with E-state index < -0.39 is 0 Å². The van der Waals surface area contributed by atoms with Gasteiger partial charge in [-0.2, -0.15) is 5.26 Å². The molecule has 1 fully saturated rings. The van der Waals surface area contributed by atoms with E-state index in [2.05, 4.69) is 16.7 Å². The number of hydrogen-bond acceptors (Lipinski definition) is 3. The highest BCUT2D eigenvalue weighted by atomic mass is 35.5. The van der Waals surface area contributed by atoms with Crippen LogP contribution in [-0.2, 0) is 0 Å². The van der Waals surface area contributed by atoms with Crippen molar-refractivity contribution < 1.29 is 0 Å². The van der Waals surface area contributed by atoms with Gasteiger partial charge in [-0.3, -0.25) is 0 Å². The number of piperidine rings is 1. The van der Waals surface area contributed by atoms with Crippen molar-refractivity contribution in [3.05, 3.63) is 28.8 Å². The van der Waals surface area contributed by atoms with Gasteiger partial charge in [-0.1, -0.05) is 11.6 Å². The van der Waals surface area contributed by atoms with Gasteiger partial charge in [0, 0.05) is 6.04 Å². The smallest absolute Gasteiger partial charge is 0.0992 e. The Morgan fingerprint density at radius 2 is 2.12 bits per heavy atom. The highest BCUT2D eigenvalue weighted by molar-refractivity contribution is 6.33. The molecule has 0 aliphatic carbocycles. The maximum absolute atomic E-state index is 8.74. The first-order valence-corrected chi connectivity index (χ1v) is 5.84. The zero-order chi connectivity index (χ0) is 11.4. The minimum Gasteiger partial charge on any atom is -0.381 e. The van der Waals surface area contributed by atoms with E-state index >= 15 is 0 Å². The van der Waals surface area contributed by atoms with Crippen molar-refractivity contribution in [3.8, 4) is 6.07 Å². The summed E-state index contributed by atoms with van der Waals surface area (Å²) in [5.41, 5.74) is 1.52. The average Bonchev–Trinajstić information content (AvgIpc) is 2.33. The van der Waals surface area contributed by atoms with E-state index in [4.69, 9.17) is 16.9 Å². The van der Waals surface area contributed by atoms with E-state index in [0.29, 0.717) is 16.6 Å². The standard InChI is InChI=1S/C12H14ClN3/c13-11-7-9(8-14)1-2-12(11)16-10-3-5-15-6-4-10/h1-2,7,10,15-16H,3-6H2. The van der Waals surface area contributed by atoms with Gasteiger partial charge in [0.2, 0.25) is 0 Å². The highest BCUT2D eigenvalue weighted by Crippen LogP contribution is 2.24. The summed E-state index contributed by atoms with van der Waals surface area (Å²) in [6, 6.07) is 7.92. The van der Waals surface area contributed by atoms with Crippen molar-refractivity contribution >= 4 is 17.3 Å². The molecule has 0 radical (unpaired) electrons. The van der Waals surface area contributed by atoms with Gasteiger partial charge in [0.25, 0.3) is 0 Å². The summed E-state index contributed by atoms with van der Waals surface area (Å²) in [4.78, 5) is 0. The first-order chi connectivity index (χ1) is 7.79. The maximum atomic E-state index is 8.74. The van der Waals surface area contributed by atoms with E-state index in [-0.39, 0.29) is 0 Å². The SMILES string of the molecule is N#Cc1ccc(NC2CCNCC2)c(Cl)c1. The van der Waals surface area contributed by atoms with Crippen molar-refractivity contribution in [3.63, 3.8) is 0 Å². The summed E-state index contributed by atoms with van der Waals surface area (Å²) < 4.78 is 0. The van der Waals surface area contributed by atoms with Gasteiger partial charge in [-0.15, -0.1) is 0 Å². The summed E-state index contributed by atoms with van der Waals surface area (Å²) in [5.74, 6) is 0. The van der Waals surface area contributed by atoms with Crippen molar-refractivity contribution in [2.24, 2.45) is 0 Å². The molecule has 1 aliphatic rings. The van der Waals surface area contributed by atoms with Gasteiger partial charge in [0.1, 0.15) is 0 Å². The molecule has 2 N–H and O–H groups in total. The number of halogens is 1. The van der Waals surface area contributed by atoms with E-state index in [1.165, 1.54) is 0 Å². The number of nitrogens with one attached hydrogen (secondary N) is 2. The van der Waals surface area contributed by atoms with Crippen LogP contribution in [0.25, 0.3) is 0 Å². The Kier molecular flexibility index (Phi) is 3.66. The zero-order valence-electron chi connectivity index (χ0n) is 8.96. The Morgan fingerprint density at radius 3 is 2.75 bits per heavy atom. The Bertz CT molecular complexity index is 405. The largest absolute Gasteiger partial charge is 0.381 e. The lowest BCUT2D eigenvalue weighted by Gasteiger charge is -2.25. The third-order valence-corrected chi connectivity index (χ3v) is 3.11. The van der Waals surface area contributed by atoms with Crippen LogP contribution in [0.15, 0.2) is 18.2 Å². The normalized spacial score (nSPS) is 16.8. The highest BCUT2D eigenvalue weighted by Gasteiger charge is 2.13. The second-order valence-electron chi connectivity index (χ2n) is 3.98. The van der Waals surface area contributed by atoms with Crippen LogP contribution < -0.4 is 10.6 Å². The van der Waals surface area contributed by atoms with Crippen LogP contribution >= 0.6 is 11.6 Å². The van der Waals surface area contributed by atoms with Crippen molar-refractivity contribution in [1.29, 1.82) is 5.26 Å². The first-order valence-electron chi connectivity index (χ1n) is 5.46. The summed E-state index contributed by atoms with van der Waals surface area (Å²) in [6.45, 7) is 2.09. The molecule has 0 aromatic heterocycles. The Morgan fingerprint density at radius 1 is 1.38 bits per heavy atom. The quantitative estimate of drug-likeness (QED) is 0.828. The van der Waals surface area contributed by atoms with Crippen molar-refractivity contribution in [2.45, 2.75) is 18.9 Å². The van der Waals surface area contributed by atoms with Gasteiger partial charge in [0.05, 0.1) is 22.3 Å². The first kappa shape index (κ1) is 11.3. The van der Waals surface area contributed by atoms with Gasteiger partial charge < -0.3 is 10.6 Å². The van der Waals surface area contributed by atoms with Crippen LogP contribution in [0.1, 0.15) is 18.4 Å². The van der Waals surface area contributed by atoms with Crippen LogP contribution in [0.3, 0.4) is 0 Å². The molecule has 0 atom stereocenters. The summed E-state index contributed by atoms with van der Waals surface area (Å²) in [7, 11) is 0. The van der Waals surface area contributed by atoms with Crippen LogP contribution in [0.2, 0.25) is 5.02 Å². The van der Waals surface area contributed by atoms with Crippen LogP contribution in [0.4, 0.5) is 5.69 Å². The fourth-order valence-corrected chi connectivity index (χ4v) is 2.12. The second kappa shape index (κ2) is 5.20. The minimum absolute atomic E-state index is 0.478. The number of hydrogen-bond donors (Lipinski definition) is 2. The van der Waals surface area contributed by atoms with Gasteiger partial charge in [-0.05, 0) is 44.1 Å². The molecule has 2 rings (SSSR count). The maximum Gasteiger partial charge on any atom is 0.0992 e. The number of anilines is 1. The van der Waals surface area contributed by atoms with Gasteiger partial charge in [0.15, 0.2) is 0 Å². The lowest BCUT2D eigenvalue weighted by atomic mass is 10.1. The molecule has 16 heavy (non-hydrogen) atoms. The van der Waals surface area contributed by atoms with Gasteiger partial charge in [-0.25, -0.2) is 0 Å². The molecule has 1 aromatic rings. The molecule has 1 saturated heterocycles. The van der Waals surface area contributed by atoms with Crippen LogP contribution in [0.5, 0.6) is 0 Å². The topological polar surface area (TPSA) is 47.9 Å². The molecule has 1 heterocycles. The summed E-state index contributed by atoms with van der Waals surface area (Å²) in [5, 5.41) is 16.1. The average molecular weight is 236 g/mol. The lowest BCUT2D eigenvalue weighted by molar-refractivity contribution is 0.479. The Labute approximate surface area is 100 Å². The number of benzene rings is 1. The monoisotopic (exact) mass is 235 g/mol. The molecule has 0 saturated carbocycles. The van der Waals surface area contributed by atoms with E-state index in [1.807, 2.05) is 6.07 Å². The van der Waals surface area contributed by atoms with Crippen molar-refractivity contribution in [2.75, 3.05) is 18.4 Å². The Balaban J connectivity index is 2.06. The molecule has 0 bridgehead atoms. The fourth-order valence-electron chi connectivity index (χ4n) is 1.89. The van der Waals surface area contributed by atoms with Crippen LogP contribution in [-0.4, -0.2) is 19.1 Å². The molecule has 0 amide bonds. The fraction of sp³-hybridized carbons (Fsp3) is 0.417. The molecular formula is C12H14ClN3. The molecule has 84 valence electrons. The van der Waals surface area contributed by atoms with Gasteiger partial charge >= 0.3 is 0 Å². The third-order valence-electron chi connectivity index (χ3n) is 2.80. The second-order valence-corrected chi connectivity index (χ2v) is 4.38. The zero-order valence-corrected chi connectivity index (χ0v) is 9.72. The summed E-state index contributed by atoms with van der Waals surface area (Å²) >= 11 is 6.10. The molecule has 1 aliphatic heterocycles. The molecule has 0 spiro atoms. The molecule has 3 nitrogen and oxygen atoms in total. The predicted molar refractivity (Wildman–Crippen MR) is 65.7 cm³/mol. The Hall–Kier alpha value is -1.24. The third kappa shape index (κ3) is 2.66. The number of rotatable bonds is 2. The molecule has 0 unspecified atom stereocenters. The number of nitriles is 1. The predicted octanol–water partition coefficient (Wildman–Crippen LogP) is 2.38. The minimum atomic E-state index is 0.478. The van der Waals surface area contributed by atoms with E-state index in [0.717, 1.165) is 31.6 Å². The van der Waals surface area contributed by atoms with E-state index in [9.17, 15) is 0 Å². The molecule has 4 heteroatoms. The molecule has 1 aromatic carbocycles. The number of nitrogens with zero attached hydrogens (tertiary/aromatic N) is 1. The lowest BCUT2D eigenvalue weighted by Crippen LogP contribution is -2.35. The summed E-state index contributed by atoms with van der Waals surface area (Å²) in [6.07, 6.45) is 2.21.